The number of carbonyl (C=O) groups excluding carboxylic acids is 1. The van der Waals surface area contributed by atoms with Crippen LogP contribution in [0.5, 0.6) is 0 Å². The van der Waals surface area contributed by atoms with Crippen LogP contribution in [0.1, 0.15) is 47.2 Å². The van der Waals surface area contributed by atoms with Crippen LogP contribution < -0.4 is 5.56 Å². The second-order valence-electron chi connectivity index (χ2n) is 5.95. The van der Waals surface area contributed by atoms with Gasteiger partial charge in [0.05, 0.1) is 17.4 Å². The van der Waals surface area contributed by atoms with Crippen molar-refractivity contribution in [3.05, 3.63) is 52.2 Å². The van der Waals surface area contributed by atoms with E-state index in [1.54, 1.807) is 24.1 Å². The van der Waals surface area contributed by atoms with E-state index in [9.17, 15) is 9.59 Å². The van der Waals surface area contributed by atoms with Gasteiger partial charge >= 0.3 is 0 Å². The van der Waals surface area contributed by atoms with Crippen molar-refractivity contribution in [2.24, 2.45) is 0 Å². The third-order valence-corrected chi connectivity index (χ3v) is 4.45. The van der Waals surface area contributed by atoms with Crippen LogP contribution in [-0.4, -0.2) is 36.9 Å². The highest BCUT2D eigenvalue weighted by molar-refractivity contribution is 5.92. The molecule has 8 nitrogen and oxygen atoms in total. The first kappa shape index (κ1) is 14.7. The molecule has 4 rings (SSSR count). The largest absolute Gasteiger partial charge is 0.438 e. The van der Waals surface area contributed by atoms with Crippen molar-refractivity contribution in [2.75, 3.05) is 6.54 Å². The molecule has 1 amide bonds. The zero-order valence-electron chi connectivity index (χ0n) is 13.2. The van der Waals surface area contributed by atoms with Gasteiger partial charge in [0, 0.05) is 24.9 Å². The van der Waals surface area contributed by atoms with E-state index < -0.39 is 0 Å². The number of nitrogens with one attached hydrogen (secondary N) is 1. The summed E-state index contributed by atoms with van der Waals surface area (Å²) in [6.07, 6.45) is 5.61. The van der Waals surface area contributed by atoms with E-state index in [4.69, 9.17) is 4.42 Å². The predicted molar refractivity (Wildman–Crippen MR) is 84.7 cm³/mol. The number of oxazole rings is 1. The quantitative estimate of drug-likeness (QED) is 0.772. The van der Waals surface area contributed by atoms with E-state index in [1.165, 1.54) is 17.0 Å². The maximum absolute atomic E-state index is 12.8. The lowest BCUT2D eigenvalue weighted by molar-refractivity contribution is 0.0572. The van der Waals surface area contributed by atoms with Crippen LogP contribution in [0.4, 0.5) is 0 Å². The summed E-state index contributed by atoms with van der Waals surface area (Å²) >= 11 is 0. The van der Waals surface area contributed by atoms with Crippen molar-refractivity contribution in [2.45, 2.75) is 32.2 Å². The molecule has 0 aromatic carbocycles. The number of amides is 1. The number of carbonyl (C=O) groups is 1. The first-order chi connectivity index (χ1) is 11.6. The van der Waals surface area contributed by atoms with Gasteiger partial charge in [-0.25, -0.2) is 14.5 Å². The summed E-state index contributed by atoms with van der Waals surface area (Å²) < 4.78 is 6.63. The molecule has 0 bridgehead atoms. The molecule has 24 heavy (non-hydrogen) atoms. The lowest BCUT2D eigenvalue weighted by Crippen LogP contribution is -2.39. The third kappa shape index (κ3) is 2.31. The maximum atomic E-state index is 12.8. The molecule has 0 spiro atoms. The number of aryl methyl sites for hydroxylation is 1. The fraction of sp³-hybridized carbons (Fsp3) is 0.375. The molecule has 1 aliphatic rings. The summed E-state index contributed by atoms with van der Waals surface area (Å²) in [4.78, 5) is 35.3. The Hall–Kier alpha value is -2.90. The molecular formula is C16H17N5O3. The lowest BCUT2D eigenvalue weighted by Gasteiger charge is -2.34. The Labute approximate surface area is 137 Å². The highest BCUT2D eigenvalue weighted by Crippen LogP contribution is 2.31. The second kappa shape index (κ2) is 5.63. The lowest BCUT2D eigenvalue weighted by atomic mass is 9.98. The Morgan fingerprint density at radius 2 is 2.29 bits per heavy atom. The average molecular weight is 327 g/mol. The van der Waals surface area contributed by atoms with E-state index in [0.717, 1.165) is 19.3 Å². The third-order valence-electron chi connectivity index (χ3n) is 4.45. The minimum atomic E-state index is -0.233. The van der Waals surface area contributed by atoms with Crippen LogP contribution in [0.3, 0.4) is 0 Å². The van der Waals surface area contributed by atoms with Gasteiger partial charge in [0.25, 0.3) is 11.5 Å². The Kier molecular flexibility index (Phi) is 3.44. The molecule has 0 aliphatic carbocycles. The fourth-order valence-electron chi connectivity index (χ4n) is 3.24. The molecule has 0 saturated carbocycles. The van der Waals surface area contributed by atoms with Crippen LogP contribution in [0.25, 0.3) is 5.65 Å². The van der Waals surface area contributed by atoms with Crippen LogP contribution in [-0.2, 0) is 0 Å². The summed E-state index contributed by atoms with van der Waals surface area (Å²) in [5.74, 6) is 0.0483. The highest BCUT2D eigenvalue weighted by Gasteiger charge is 2.32. The van der Waals surface area contributed by atoms with Gasteiger partial charge in [0.15, 0.2) is 12.0 Å². The Morgan fingerprint density at radius 1 is 1.42 bits per heavy atom. The number of H-pyrrole nitrogens is 1. The van der Waals surface area contributed by atoms with Gasteiger partial charge in [-0.05, 0) is 26.2 Å². The maximum Gasteiger partial charge on any atom is 0.292 e. The number of aromatic amines is 1. The van der Waals surface area contributed by atoms with E-state index in [0.29, 0.717) is 23.6 Å². The zero-order valence-corrected chi connectivity index (χ0v) is 13.2. The van der Waals surface area contributed by atoms with Crippen LogP contribution in [0.2, 0.25) is 0 Å². The molecule has 3 aromatic rings. The van der Waals surface area contributed by atoms with E-state index >= 15 is 0 Å². The minimum Gasteiger partial charge on any atom is -0.438 e. The van der Waals surface area contributed by atoms with Crippen molar-refractivity contribution in [3.8, 4) is 0 Å². The molecular weight excluding hydrogens is 310 g/mol. The molecule has 8 heteroatoms. The number of rotatable bonds is 2. The first-order valence-electron chi connectivity index (χ1n) is 7.93. The normalized spacial score (nSPS) is 18.2. The van der Waals surface area contributed by atoms with Gasteiger partial charge in [0.1, 0.15) is 0 Å². The van der Waals surface area contributed by atoms with Gasteiger partial charge in [-0.1, -0.05) is 0 Å². The van der Waals surface area contributed by atoms with Crippen molar-refractivity contribution >= 4 is 11.6 Å². The molecule has 1 N–H and O–H groups in total. The highest BCUT2D eigenvalue weighted by atomic mass is 16.3. The zero-order chi connectivity index (χ0) is 16.7. The number of hydrogen-bond acceptors (Lipinski definition) is 5. The molecule has 124 valence electrons. The van der Waals surface area contributed by atoms with E-state index in [-0.39, 0.29) is 23.3 Å². The SMILES string of the molecule is Cc1ncoc1C(=O)N1CCCCC1c1cc(=O)n2[nH]ccc2n1. The minimum absolute atomic E-state index is 0.186. The van der Waals surface area contributed by atoms with Crippen molar-refractivity contribution in [1.29, 1.82) is 0 Å². The van der Waals surface area contributed by atoms with Crippen molar-refractivity contribution in [3.63, 3.8) is 0 Å². The average Bonchev–Trinajstić information content (AvgIpc) is 3.23. The van der Waals surface area contributed by atoms with Crippen molar-refractivity contribution in [1.82, 2.24) is 24.5 Å². The van der Waals surface area contributed by atoms with Gasteiger partial charge in [-0.3, -0.25) is 14.7 Å². The molecule has 4 heterocycles. The van der Waals surface area contributed by atoms with Gasteiger partial charge in [-0.2, -0.15) is 0 Å². The predicted octanol–water partition coefficient (Wildman–Crippen LogP) is 1.69. The summed E-state index contributed by atoms with van der Waals surface area (Å²) in [5, 5.41) is 2.82. The molecule has 1 atom stereocenters. The number of nitrogens with zero attached hydrogens (tertiary/aromatic N) is 4. The number of piperidine rings is 1. The molecule has 1 aliphatic heterocycles. The number of likely N-dealkylation sites (tertiary alicyclic amines) is 1. The topological polar surface area (TPSA) is 96.5 Å². The molecule has 1 unspecified atom stereocenters. The fourth-order valence-corrected chi connectivity index (χ4v) is 3.24. The van der Waals surface area contributed by atoms with Crippen molar-refractivity contribution < 1.29 is 9.21 Å². The summed E-state index contributed by atoms with van der Waals surface area (Å²) in [7, 11) is 0. The number of hydrogen-bond donors (Lipinski definition) is 1. The standard InChI is InChI=1S/C16H17N5O3/c1-10-15(24-9-17-10)16(23)20-7-3-2-4-12(20)11-8-14(22)21-13(19-11)5-6-18-21/h5-6,8-9,12,18H,2-4,7H2,1H3. The first-order valence-corrected chi connectivity index (χ1v) is 7.93. The van der Waals surface area contributed by atoms with E-state index in [1.807, 2.05) is 0 Å². The monoisotopic (exact) mass is 327 g/mol. The Morgan fingerprint density at radius 3 is 3.08 bits per heavy atom. The number of aromatic nitrogens is 4. The Balaban J connectivity index is 1.74. The Bertz CT molecular complexity index is 954. The molecule has 0 radical (unpaired) electrons. The second-order valence-corrected chi connectivity index (χ2v) is 5.95. The molecule has 3 aromatic heterocycles. The summed E-state index contributed by atoms with van der Waals surface area (Å²) in [5.41, 5.74) is 1.54. The molecule has 1 fully saturated rings. The van der Waals surface area contributed by atoms with Gasteiger partial charge in [-0.15, -0.1) is 0 Å². The summed E-state index contributed by atoms with van der Waals surface area (Å²) in [6.45, 7) is 2.35. The molecule has 1 saturated heterocycles. The number of fused-ring (bicyclic) bond motifs is 1. The van der Waals surface area contributed by atoms with Gasteiger partial charge in [0.2, 0.25) is 5.76 Å². The van der Waals surface area contributed by atoms with Crippen LogP contribution in [0, 0.1) is 6.92 Å². The summed E-state index contributed by atoms with van der Waals surface area (Å²) in [6, 6.07) is 3.00. The van der Waals surface area contributed by atoms with Crippen LogP contribution in [0.15, 0.2) is 33.9 Å². The van der Waals surface area contributed by atoms with Gasteiger partial charge < -0.3 is 9.32 Å². The van der Waals surface area contributed by atoms with E-state index in [2.05, 4.69) is 15.1 Å². The van der Waals surface area contributed by atoms with Crippen LogP contribution >= 0.6 is 0 Å². The smallest absolute Gasteiger partial charge is 0.292 e.